The Morgan fingerprint density at radius 3 is 2.35 bits per heavy atom. The third-order valence-corrected chi connectivity index (χ3v) is 7.43. The summed E-state index contributed by atoms with van der Waals surface area (Å²) in [6.45, 7) is 2.25. The molecule has 0 N–H and O–H groups in total. The second-order valence-corrected chi connectivity index (χ2v) is 10.2. The van der Waals surface area contributed by atoms with Crippen LogP contribution in [-0.4, -0.2) is 34.0 Å². The lowest BCUT2D eigenvalue weighted by atomic mass is 10.1. The molecular weight excluding hydrogens is 545 g/mol. The van der Waals surface area contributed by atoms with Crippen molar-refractivity contribution in [1.82, 2.24) is 14.5 Å². The van der Waals surface area contributed by atoms with E-state index < -0.39 is 6.04 Å². The number of carbonyl (C=O) groups is 1. The molecule has 8 heteroatoms. The molecule has 1 unspecified atom stereocenters. The summed E-state index contributed by atoms with van der Waals surface area (Å²) in [6, 6.07) is 28.5. The number of fused-ring (bicyclic) bond motifs is 1. The van der Waals surface area contributed by atoms with Crippen LogP contribution >= 0.6 is 23.2 Å². The highest BCUT2D eigenvalue weighted by Gasteiger charge is 2.29. The van der Waals surface area contributed by atoms with Gasteiger partial charge in [-0.15, -0.1) is 0 Å². The van der Waals surface area contributed by atoms with Gasteiger partial charge in [-0.05, 0) is 73.5 Å². The molecule has 1 heterocycles. The van der Waals surface area contributed by atoms with E-state index in [2.05, 4.69) is 0 Å². The molecule has 4 aromatic carbocycles. The van der Waals surface area contributed by atoms with E-state index in [1.807, 2.05) is 49.4 Å². The van der Waals surface area contributed by atoms with Gasteiger partial charge in [-0.3, -0.25) is 14.2 Å². The van der Waals surface area contributed by atoms with Gasteiger partial charge in [0.2, 0.25) is 0 Å². The Kier molecular flexibility index (Phi) is 8.19. The van der Waals surface area contributed by atoms with E-state index in [9.17, 15) is 9.59 Å². The van der Waals surface area contributed by atoms with E-state index >= 15 is 0 Å². The zero-order valence-corrected chi connectivity index (χ0v) is 23.6. The van der Waals surface area contributed by atoms with Crippen molar-refractivity contribution in [2.24, 2.45) is 0 Å². The van der Waals surface area contributed by atoms with Crippen molar-refractivity contribution in [3.05, 3.63) is 134 Å². The van der Waals surface area contributed by atoms with Crippen molar-refractivity contribution in [2.75, 3.05) is 13.7 Å². The van der Waals surface area contributed by atoms with Gasteiger partial charge in [0.05, 0.1) is 40.3 Å². The second kappa shape index (κ2) is 11.9. The first-order chi connectivity index (χ1) is 19.4. The summed E-state index contributed by atoms with van der Waals surface area (Å²) in [5, 5.41) is 1.18. The Hall–Kier alpha value is -4.13. The molecule has 0 aliphatic rings. The fraction of sp³-hybridized carbons (Fsp3) is 0.156. The number of methoxy groups -OCH3 is 1. The molecule has 0 saturated heterocycles. The molecule has 0 bridgehead atoms. The maximum atomic E-state index is 14.1. The van der Waals surface area contributed by atoms with E-state index in [1.165, 1.54) is 0 Å². The third-order valence-electron chi connectivity index (χ3n) is 6.88. The van der Waals surface area contributed by atoms with Crippen LogP contribution in [0.1, 0.15) is 34.7 Å². The second-order valence-electron chi connectivity index (χ2n) is 9.36. The maximum Gasteiger partial charge on any atom is 0.266 e. The third kappa shape index (κ3) is 5.60. The molecule has 0 aliphatic carbocycles. The van der Waals surface area contributed by atoms with Crippen LogP contribution in [0.3, 0.4) is 0 Å². The van der Waals surface area contributed by atoms with Gasteiger partial charge >= 0.3 is 0 Å². The van der Waals surface area contributed by atoms with Crippen LogP contribution in [0, 0.1) is 0 Å². The predicted molar refractivity (Wildman–Crippen MR) is 160 cm³/mol. The van der Waals surface area contributed by atoms with Gasteiger partial charge in [0, 0.05) is 11.6 Å². The highest BCUT2D eigenvalue weighted by Crippen LogP contribution is 2.29. The van der Waals surface area contributed by atoms with Crippen LogP contribution in [0.2, 0.25) is 10.0 Å². The molecule has 5 aromatic rings. The normalized spacial score (nSPS) is 11.8. The van der Waals surface area contributed by atoms with Crippen LogP contribution < -0.4 is 10.3 Å². The minimum absolute atomic E-state index is 0.224. The summed E-state index contributed by atoms with van der Waals surface area (Å²) in [6.07, 6.45) is 0.600. The topological polar surface area (TPSA) is 64.4 Å². The zero-order valence-electron chi connectivity index (χ0n) is 22.1. The number of nitrogens with zero attached hydrogens (tertiary/aromatic N) is 3. The van der Waals surface area contributed by atoms with Gasteiger partial charge in [-0.1, -0.05) is 65.7 Å². The number of para-hydroxylation sites is 1. The van der Waals surface area contributed by atoms with E-state index in [0.717, 1.165) is 5.56 Å². The number of benzene rings is 4. The molecule has 0 aliphatic heterocycles. The standard InChI is InChI=1S/C32H27Cl2N3O3/c1-21(36(19-18-22-8-4-3-5-9-22)31(38)26-17-12-23(33)20-28(26)34)30-35-29-11-7-6-10-27(29)32(39)37(30)24-13-15-25(40-2)16-14-24/h3-17,20-21H,18-19H2,1-2H3. The molecule has 6 nitrogen and oxygen atoms in total. The predicted octanol–water partition coefficient (Wildman–Crippen LogP) is 7.15. The van der Waals surface area contributed by atoms with Gasteiger partial charge in [0.1, 0.15) is 11.6 Å². The lowest BCUT2D eigenvalue weighted by molar-refractivity contribution is 0.0684. The fourth-order valence-corrected chi connectivity index (χ4v) is 5.22. The first-order valence-electron chi connectivity index (χ1n) is 12.8. The summed E-state index contributed by atoms with van der Waals surface area (Å²) < 4.78 is 6.89. The minimum Gasteiger partial charge on any atom is -0.497 e. The Morgan fingerprint density at radius 2 is 1.65 bits per heavy atom. The summed E-state index contributed by atoms with van der Waals surface area (Å²) in [4.78, 5) is 34.6. The molecule has 0 saturated carbocycles. The molecule has 40 heavy (non-hydrogen) atoms. The monoisotopic (exact) mass is 571 g/mol. The highest BCUT2D eigenvalue weighted by molar-refractivity contribution is 6.36. The SMILES string of the molecule is COc1ccc(-n2c(C(C)N(CCc3ccccc3)C(=O)c3ccc(Cl)cc3Cl)nc3ccccc3c2=O)cc1. The Morgan fingerprint density at radius 1 is 0.950 bits per heavy atom. The number of amides is 1. The van der Waals surface area contributed by atoms with Crippen molar-refractivity contribution < 1.29 is 9.53 Å². The first kappa shape index (κ1) is 27.4. The van der Waals surface area contributed by atoms with Crippen LogP contribution in [0.5, 0.6) is 5.75 Å². The molecule has 5 rings (SSSR count). The summed E-state index contributed by atoms with van der Waals surface area (Å²) in [5.74, 6) is 0.811. The number of rotatable bonds is 8. The van der Waals surface area contributed by atoms with E-state index in [4.69, 9.17) is 32.9 Å². The lowest BCUT2D eigenvalue weighted by Gasteiger charge is -2.31. The average molecular weight is 572 g/mol. The average Bonchev–Trinajstić information content (AvgIpc) is 2.97. The zero-order chi connectivity index (χ0) is 28.2. The van der Waals surface area contributed by atoms with Crippen molar-refractivity contribution in [3.8, 4) is 11.4 Å². The number of aromatic nitrogens is 2. The van der Waals surface area contributed by atoms with E-state index in [-0.39, 0.29) is 16.5 Å². The molecule has 202 valence electrons. The van der Waals surface area contributed by atoms with Crippen LogP contribution in [-0.2, 0) is 6.42 Å². The van der Waals surface area contributed by atoms with Gasteiger partial charge in [0.15, 0.2) is 0 Å². The Labute approximate surface area is 242 Å². The van der Waals surface area contributed by atoms with Crippen LogP contribution in [0.25, 0.3) is 16.6 Å². The molecule has 1 aromatic heterocycles. The number of hydrogen-bond donors (Lipinski definition) is 0. The van der Waals surface area contributed by atoms with Gasteiger partial charge < -0.3 is 9.64 Å². The van der Waals surface area contributed by atoms with Crippen molar-refractivity contribution in [3.63, 3.8) is 0 Å². The van der Waals surface area contributed by atoms with Crippen LogP contribution in [0.15, 0.2) is 102 Å². The minimum atomic E-state index is -0.595. The summed E-state index contributed by atoms with van der Waals surface area (Å²) in [7, 11) is 1.59. The molecular formula is C32H27Cl2N3O3. The molecule has 0 spiro atoms. The van der Waals surface area contributed by atoms with Crippen molar-refractivity contribution in [2.45, 2.75) is 19.4 Å². The van der Waals surface area contributed by atoms with Crippen LogP contribution in [0.4, 0.5) is 0 Å². The Balaban J connectivity index is 1.66. The molecule has 1 amide bonds. The number of carbonyl (C=O) groups excluding carboxylic acids is 1. The number of hydrogen-bond acceptors (Lipinski definition) is 4. The lowest BCUT2D eigenvalue weighted by Crippen LogP contribution is -2.39. The van der Waals surface area contributed by atoms with Gasteiger partial charge in [-0.25, -0.2) is 4.98 Å². The maximum absolute atomic E-state index is 14.1. The number of ether oxygens (including phenoxy) is 1. The van der Waals surface area contributed by atoms with E-state index in [0.29, 0.717) is 51.7 Å². The van der Waals surface area contributed by atoms with Crippen molar-refractivity contribution >= 4 is 40.0 Å². The van der Waals surface area contributed by atoms with Gasteiger partial charge in [0.25, 0.3) is 11.5 Å². The number of halogens is 2. The summed E-state index contributed by atoms with van der Waals surface area (Å²) in [5.41, 5.74) is 2.35. The smallest absolute Gasteiger partial charge is 0.266 e. The largest absolute Gasteiger partial charge is 0.497 e. The molecule has 0 radical (unpaired) electrons. The van der Waals surface area contributed by atoms with E-state index in [1.54, 1.807) is 71.2 Å². The fourth-order valence-electron chi connectivity index (χ4n) is 4.73. The Bertz CT molecular complexity index is 1720. The molecule has 0 fully saturated rings. The highest BCUT2D eigenvalue weighted by atomic mass is 35.5. The first-order valence-corrected chi connectivity index (χ1v) is 13.6. The van der Waals surface area contributed by atoms with Crippen molar-refractivity contribution in [1.29, 1.82) is 0 Å². The molecule has 1 atom stereocenters. The quantitative estimate of drug-likeness (QED) is 0.198. The summed E-state index contributed by atoms with van der Waals surface area (Å²) >= 11 is 12.6. The van der Waals surface area contributed by atoms with Gasteiger partial charge in [-0.2, -0.15) is 0 Å².